The van der Waals surface area contributed by atoms with Crippen LogP contribution in [0.3, 0.4) is 0 Å². The van der Waals surface area contributed by atoms with Gasteiger partial charge in [0.2, 0.25) is 0 Å². The van der Waals surface area contributed by atoms with Crippen LogP contribution in [-0.2, 0) is 0 Å². The smallest absolute Gasteiger partial charge is 0.0419 e. The van der Waals surface area contributed by atoms with Gasteiger partial charge in [0, 0.05) is 6.04 Å². The van der Waals surface area contributed by atoms with Crippen molar-refractivity contribution in [1.29, 1.82) is 0 Å². The number of allylic oxidation sites excluding steroid dienone is 3. The maximum absolute atomic E-state index is 3.67. The molecule has 1 aliphatic rings. The lowest BCUT2D eigenvalue weighted by molar-refractivity contribution is 0.756. The first-order valence-corrected chi connectivity index (χ1v) is 3.10. The summed E-state index contributed by atoms with van der Waals surface area (Å²) in [5, 5.41) is 3.14. The van der Waals surface area contributed by atoms with Crippen molar-refractivity contribution in [3.8, 4) is 0 Å². The number of dihydropyridines is 1. The molecule has 0 saturated heterocycles. The summed E-state index contributed by atoms with van der Waals surface area (Å²) < 4.78 is 0. The molecule has 0 amide bonds. The molecule has 1 atom stereocenters. The van der Waals surface area contributed by atoms with Gasteiger partial charge in [-0.15, -0.1) is 0 Å². The molecule has 0 aromatic rings. The molecule has 1 unspecified atom stereocenters. The van der Waals surface area contributed by atoms with E-state index in [2.05, 4.69) is 24.9 Å². The first-order chi connectivity index (χ1) is 4.33. The molecule has 1 aliphatic heterocycles. The van der Waals surface area contributed by atoms with Crippen LogP contribution >= 0.6 is 0 Å². The van der Waals surface area contributed by atoms with Crippen molar-refractivity contribution in [2.24, 2.45) is 0 Å². The largest absolute Gasteiger partial charge is 0.385 e. The predicted octanol–water partition coefficient (Wildman–Crippen LogP) is 1.60. The van der Waals surface area contributed by atoms with Crippen molar-refractivity contribution in [2.75, 3.05) is 0 Å². The zero-order valence-electron chi connectivity index (χ0n) is 5.59. The number of hydrogen-bond acceptors (Lipinski definition) is 1. The van der Waals surface area contributed by atoms with E-state index >= 15 is 0 Å². The van der Waals surface area contributed by atoms with E-state index in [1.807, 2.05) is 18.4 Å². The van der Waals surface area contributed by atoms with Crippen molar-refractivity contribution in [3.05, 3.63) is 36.6 Å². The lowest BCUT2D eigenvalue weighted by Gasteiger charge is -2.11. The topological polar surface area (TPSA) is 12.0 Å². The van der Waals surface area contributed by atoms with Gasteiger partial charge in [-0.3, -0.25) is 0 Å². The first-order valence-electron chi connectivity index (χ1n) is 3.10. The maximum atomic E-state index is 3.67. The Hall–Kier alpha value is -0.980. The Morgan fingerprint density at radius 1 is 1.78 bits per heavy atom. The SMILES string of the molecule is C=CC1=CC(C)NC=C1. The average Bonchev–Trinajstić information content (AvgIpc) is 1.88. The Morgan fingerprint density at radius 3 is 3.00 bits per heavy atom. The molecule has 0 radical (unpaired) electrons. The van der Waals surface area contributed by atoms with Crippen LogP contribution in [0.4, 0.5) is 0 Å². The van der Waals surface area contributed by atoms with Crippen molar-refractivity contribution < 1.29 is 0 Å². The van der Waals surface area contributed by atoms with Crippen molar-refractivity contribution in [3.63, 3.8) is 0 Å². The van der Waals surface area contributed by atoms with Crippen LogP contribution in [0.5, 0.6) is 0 Å². The molecule has 0 saturated carbocycles. The van der Waals surface area contributed by atoms with Crippen molar-refractivity contribution >= 4 is 0 Å². The molecule has 0 aromatic carbocycles. The second-order valence-electron chi connectivity index (χ2n) is 2.16. The van der Waals surface area contributed by atoms with Crippen LogP contribution in [0, 0.1) is 0 Å². The summed E-state index contributed by atoms with van der Waals surface area (Å²) >= 11 is 0. The molecule has 1 nitrogen and oxygen atoms in total. The summed E-state index contributed by atoms with van der Waals surface area (Å²) in [5.74, 6) is 0. The predicted molar refractivity (Wildman–Crippen MR) is 40.0 cm³/mol. The summed E-state index contributed by atoms with van der Waals surface area (Å²) in [5.41, 5.74) is 1.20. The highest BCUT2D eigenvalue weighted by atomic mass is 14.9. The van der Waals surface area contributed by atoms with E-state index < -0.39 is 0 Å². The molecule has 9 heavy (non-hydrogen) atoms. The highest BCUT2D eigenvalue weighted by Gasteiger charge is 1.97. The van der Waals surface area contributed by atoms with Gasteiger partial charge in [0.1, 0.15) is 0 Å². The van der Waals surface area contributed by atoms with Gasteiger partial charge >= 0.3 is 0 Å². The molecule has 1 rings (SSSR count). The van der Waals surface area contributed by atoms with Crippen LogP contribution in [-0.4, -0.2) is 6.04 Å². The van der Waals surface area contributed by atoms with Gasteiger partial charge in [-0.1, -0.05) is 18.7 Å². The summed E-state index contributed by atoms with van der Waals surface area (Å²) in [4.78, 5) is 0. The molecule has 0 bridgehead atoms. The Bertz CT molecular complexity index is 165. The fraction of sp³-hybridized carbons (Fsp3) is 0.250. The van der Waals surface area contributed by atoms with E-state index in [1.165, 1.54) is 5.57 Å². The van der Waals surface area contributed by atoms with Gasteiger partial charge in [0.15, 0.2) is 0 Å². The van der Waals surface area contributed by atoms with E-state index in [0.717, 1.165) is 0 Å². The van der Waals surface area contributed by atoms with Crippen LogP contribution in [0.15, 0.2) is 36.6 Å². The quantitative estimate of drug-likeness (QED) is 0.555. The number of nitrogens with one attached hydrogen (secondary N) is 1. The van der Waals surface area contributed by atoms with Crippen molar-refractivity contribution in [2.45, 2.75) is 13.0 Å². The van der Waals surface area contributed by atoms with Gasteiger partial charge in [0.25, 0.3) is 0 Å². The van der Waals surface area contributed by atoms with Crippen LogP contribution in [0.1, 0.15) is 6.92 Å². The summed E-state index contributed by atoms with van der Waals surface area (Å²) in [6, 6.07) is 0.447. The molecule has 0 spiro atoms. The third-order valence-corrected chi connectivity index (χ3v) is 1.31. The molecular weight excluding hydrogens is 110 g/mol. The molecule has 1 N–H and O–H groups in total. The Labute approximate surface area is 55.8 Å². The van der Waals surface area contributed by atoms with Crippen LogP contribution < -0.4 is 5.32 Å². The maximum Gasteiger partial charge on any atom is 0.0419 e. The van der Waals surface area contributed by atoms with E-state index in [4.69, 9.17) is 0 Å². The van der Waals surface area contributed by atoms with Gasteiger partial charge in [-0.05, 0) is 24.8 Å². The molecule has 0 aromatic heterocycles. The highest BCUT2D eigenvalue weighted by Crippen LogP contribution is 2.04. The molecule has 0 fully saturated rings. The van der Waals surface area contributed by atoms with Crippen molar-refractivity contribution in [1.82, 2.24) is 5.32 Å². The zero-order chi connectivity index (χ0) is 6.69. The number of hydrogen-bond donors (Lipinski definition) is 1. The molecule has 1 heterocycles. The van der Waals surface area contributed by atoms with Crippen LogP contribution in [0.25, 0.3) is 0 Å². The van der Waals surface area contributed by atoms with E-state index in [0.29, 0.717) is 6.04 Å². The average molecular weight is 121 g/mol. The minimum atomic E-state index is 0.447. The Balaban J connectivity index is 2.70. The van der Waals surface area contributed by atoms with Gasteiger partial charge in [-0.25, -0.2) is 0 Å². The van der Waals surface area contributed by atoms with E-state index in [-0.39, 0.29) is 0 Å². The fourth-order valence-corrected chi connectivity index (χ4v) is 0.825. The number of rotatable bonds is 1. The molecule has 0 aliphatic carbocycles. The summed E-state index contributed by atoms with van der Waals surface area (Å²) in [6.45, 7) is 5.78. The highest BCUT2D eigenvalue weighted by molar-refractivity contribution is 5.32. The third kappa shape index (κ3) is 1.46. The van der Waals surface area contributed by atoms with Gasteiger partial charge < -0.3 is 5.32 Å². The monoisotopic (exact) mass is 121 g/mol. The van der Waals surface area contributed by atoms with Gasteiger partial charge in [0.05, 0.1) is 0 Å². The normalized spacial score (nSPS) is 24.6. The van der Waals surface area contributed by atoms with Gasteiger partial charge in [-0.2, -0.15) is 0 Å². The Morgan fingerprint density at radius 2 is 2.56 bits per heavy atom. The summed E-state index contributed by atoms with van der Waals surface area (Å²) in [7, 11) is 0. The second kappa shape index (κ2) is 2.53. The summed E-state index contributed by atoms with van der Waals surface area (Å²) in [6.07, 6.45) is 7.94. The Kier molecular flexibility index (Phi) is 1.73. The molecular formula is C8H11N. The van der Waals surface area contributed by atoms with E-state index in [1.54, 1.807) is 0 Å². The lowest BCUT2D eigenvalue weighted by Crippen LogP contribution is -2.20. The second-order valence-corrected chi connectivity index (χ2v) is 2.16. The fourth-order valence-electron chi connectivity index (χ4n) is 0.825. The standard InChI is InChI=1S/C8H11N/c1-3-8-4-5-9-7(2)6-8/h3-7,9H,1H2,2H3. The third-order valence-electron chi connectivity index (χ3n) is 1.31. The minimum Gasteiger partial charge on any atom is -0.385 e. The zero-order valence-corrected chi connectivity index (χ0v) is 5.59. The first kappa shape index (κ1) is 6.14. The minimum absolute atomic E-state index is 0.447. The molecule has 48 valence electrons. The van der Waals surface area contributed by atoms with E-state index in [9.17, 15) is 0 Å². The van der Waals surface area contributed by atoms with Crippen LogP contribution in [0.2, 0.25) is 0 Å². The lowest BCUT2D eigenvalue weighted by atomic mass is 10.1. The molecule has 1 heteroatoms.